The van der Waals surface area contributed by atoms with Gasteiger partial charge in [-0.2, -0.15) is 0 Å². The van der Waals surface area contributed by atoms with Gasteiger partial charge in [0.25, 0.3) is 0 Å². The highest BCUT2D eigenvalue weighted by Gasteiger charge is 2.15. The number of allylic oxidation sites excluding steroid dienone is 1. The zero-order valence-corrected chi connectivity index (χ0v) is 15.6. The Bertz CT molecular complexity index is 283. The van der Waals surface area contributed by atoms with Gasteiger partial charge in [-0.1, -0.05) is 77.7 Å². The summed E-state index contributed by atoms with van der Waals surface area (Å²) in [6.45, 7) is 5.33. The van der Waals surface area contributed by atoms with Gasteiger partial charge in [-0.3, -0.25) is 4.79 Å². The Balaban J connectivity index is 4.18. The van der Waals surface area contributed by atoms with Gasteiger partial charge in [0.05, 0.1) is 0 Å². The number of likely N-dealkylation sites (N-methyl/N-ethyl adjacent to an activating group) is 1. The zero-order chi connectivity index (χ0) is 16.6. The van der Waals surface area contributed by atoms with Gasteiger partial charge < -0.3 is 4.90 Å². The summed E-state index contributed by atoms with van der Waals surface area (Å²) in [4.78, 5) is 14.5. The molecule has 0 fully saturated rings. The number of nitrogens with zero attached hydrogens (tertiary/aromatic N) is 1. The van der Waals surface area contributed by atoms with E-state index in [1.165, 1.54) is 57.8 Å². The highest BCUT2D eigenvalue weighted by Crippen LogP contribution is 2.20. The molecule has 2 heteroatoms. The molecule has 0 spiro atoms. The molecular weight excluding hydrogens is 270 g/mol. The van der Waals surface area contributed by atoms with Crippen molar-refractivity contribution >= 4 is 5.78 Å². The highest BCUT2D eigenvalue weighted by molar-refractivity contribution is 5.91. The van der Waals surface area contributed by atoms with Gasteiger partial charge in [0.15, 0.2) is 5.78 Å². The molecule has 0 rings (SSSR count). The molecule has 0 amide bonds. The van der Waals surface area contributed by atoms with Crippen LogP contribution in [-0.4, -0.2) is 31.3 Å². The van der Waals surface area contributed by atoms with Crippen molar-refractivity contribution in [1.82, 2.24) is 4.90 Å². The number of rotatable bonds is 15. The minimum Gasteiger partial charge on any atom is -0.306 e. The molecule has 0 aromatic carbocycles. The van der Waals surface area contributed by atoms with Crippen LogP contribution in [0.3, 0.4) is 0 Å². The molecule has 1 unspecified atom stereocenters. The molecule has 130 valence electrons. The summed E-state index contributed by atoms with van der Waals surface area (Å²) in [6, 6.07) is 0. The smallest absolute Gasteiger partial charge is 0.158 e. The van der Waals surface area contributed by atoms with Gasteiger partial charge in [-0.15, -0.1) is 0 Å². The van der Waals surface area contributed by atoms with E-state index >= 15 is 0 Å². The number of carbonyl (C=O) groups excluding carboxylic acids is 1. The number of ketones is 1. The average molecular weight is 310 g/mol. The fraction of sp³-hybridized carbons (Fsp3) is 0.850. The third-order valence-corrected chi connectivity index (χ3v) is 4.22. The molecule has 2 nitrogen and oxygen atoms in total. The summed E-state index contributed by atoms with van der Waals surface area (Å²) < 4.78 is 0. The van der Waals surface area contributed by atoms with E-state index in [0.717, 1.165) is 19.4 Å². The first-order valence-electron chi connectivity index (χ1n) is 9.46. The monoisotopic (exact) mass is 309 g/mol. The first kappa shape index (κ1) is 21.4. The molecule has 0 aliphatic heterocycles. The van der Waals surface area contributed by atoms with Crippen LogP contribution in [0.5, 0.6) is 0 Å². The second-order valence-corrected chi connectivity index (χ2v) is 6.82. The van der Waals surface area contributed by atoms with Crippen molar-refractivity contribution in [2.45, 2.75) is 84.5 Å². The van der Waals surface area contributed by atoms with E-state index in [2.05, 4.69) is 18.7 Å². The molecule has 0 aromatic heterocycles. The fourth-order valence-corrected chi connectivity index (χ4v) is 2.76. The minimum atomic E-state index is 0.261. The predicted molar refractivity (Wildman–Crippen MR) is 98.3 cm³/mol. The molecule has 0 radical (unpaired) electrons. The number of unbranched alkanes of at least 4 members (excludes halogenated alkanes) is 7. The molecule has 0 aromatic rings. The molecule has 0 heterocycles. The third-order valence-electron chi connectivity index (χ3n) is 4.22. The Morgan fingerprint density at radius 1 is 0.864 bits per heavy atom. The van der Waals surface area contributed by atoms with Gasteiger partial charge in [-0.25, -0.2) is 0 Å². The SMILES string of the molecule is CCCCCCCC(CCCCCC)C(=O)/C=C/CN(C)C. The van der Waals surface area contributed by atoms with E-state index < -0.39 is 0 Å². The van der Waals surface area contributed by atoms with Crippen LogP contribution < -0.4 is 0 Å². The van der Waals surface area contributed by atoms with Crippen LogP contribution in [0.25, 0.3) is 0 Å². The van der Waals surface area contributed by atoms with Crippen LogP contribution in [0, 0.1) is 5.92 Å². The Labute approximate surface area is 139 Å². The number of carbonyl (C=O) groups is 1. The predicted octanol–water partition coefficient (Wildman–Crippen LogP) is 5.62. The van der Waals surface area contributed by atoms with Gasteiger partial charge in [0, 0.05) is 12.5 Å². The van der Waals surface area contributed by atoms with Gasteiger partial charge in [-0.05, 0) is 33.0 Å². The standard InChI is InChI=1S/C20H39NO/c1-5-7-9-11-13-16-19(15-12-10-8-6-2)20(22)17-14-18-21(3)4/h14,17,19H,5-13,15-16,18H2,1-4H3/b17-14+. The topological polar surface area (TPSA) is 20.3 Å². The lowest BCUT2D eigenvalue weighted by atomic mass is 9.90. The Morgan fingerprint density at radius 2 is 1.36 bits per heavy atom. The van der Waals surface area contributed by atoms with Crippen LogP contribution in [-0.2, 0) is 4.79 Å². The van der Waals surface area contributed by atoms with E-state index in [1.54, 1.807) is 0 Å². The maximum atomic E-state index is 12.4. The van der Waals surface area contributed by atoms with E-state index in [-0.39, 0.29) is 5.92 Å². The van der Waals surface area contributed by atoms with Crippen LogP contribution in [0.1, 0.15) is 84.5 Å². The molecular formula is C20H39NO. The van der Waals surface area contributed by atoms with Crippen molar-refractivity contribution in [3.05, 3.63) is 12.2 Å². The molecule has 0 aliphatic carbocycles. The minimum absolute atomic E-state index is 0.261. The summed E-state index contributed by atoms with van der Waals surface area (Å²) in [5.41, 5.74) is 0. The van der Waals surface area contributed by atoms with Crippen molar-refractivity contribution in [2.75, 3.05) is 20.6 Å². The summed E-state index contributed by atoms with van der Waals surface area (Å²) in [6.07, 6.45) is 17.5. The number of hydrogen-bond donors (Lipinski definition) is 0. The zero-order valence-electron chi connectivity index (χ0n) is 15.6. The maximum absolute atomic E-state index is 12.4. The van der Waals surface area contributed by atoms with Gasteiger partial charge in [0.1, 0.15) is 0 Å². The van der Waals surface area contributed by atoms with Crippen molar-refractivity contribution < 1.29 is 4.79 Å². The Morgan fingerprint density at radius 3 is 1.86 bits per heavy atom. The average Bonchev–Trinajstić information content (AvgIpc) is 2.48. The van der Waals surface area contributed by atoms with Crippen LogP contribution >= 0.6 is 0 Å². The molecule has 22 heavy (non-hydrogen) atoms. The van der Waals surface area contributed by atoms with E-state index in [4.69, 9.17) is 0 Å². The molecule has 0 N–H and O–H groups in total. The summed E-state index contributed by atoms with van der Waals surface area (Å²) >= 11 is 0. The second-order valence-electron chi connectivity index (χ2n) is 6.82. The van der Waals surface area contributed by atoms with Crippen molar-refractivity contribution in [3.63, 3.8) is 0 Å². The summed E-state index contributed by atoms with van der Waals surface area (Å²) in [5.74, 6) is 0.616. The quantitative estimate of drug-likeness (QED) is 0.289. The first-order valence-corrected chi connectivity index (χ1v) is 9.46. The van der Waals surface area contributed by atoms with Crippen LogP contribution in [0.4, 0.5) is 0 Å². The van der Waals surface area contributed by atoms with E-state index in [9.17, 15) is 4.79 Å². The fourth-order valence-electron chi connectivity index (χ4n) is 2.76. The van der Waals surface area contributed by atoms with Crippen molar-refractivity contribution in [2.24, 2.45) is 5.92 Å². The lowest BCUT2D eigenvalue weighted by molar-refractivity contribution is -0.118. The Hall–Kier alpha value is -0.630. The maximum Gasteiger partial charge on any atom is 0.158 e. The molecule has 0 aliphatic rings. The van der Waals surface area contributed by atoms with Crippen LogP contribution in [0.2, 0.25) is 0 Å². The Kier molecular flexibility index (Phi) is 14.8. The molecule has 0 saturated carbocycles. The largest absolute Gasteiger partial charge is 0.306 e. The van der Waals surface area contributed by atoms with Crippen LogP contribution in [0.15, 0.2) is 12.2 Å². The van der Waals surface area contributed by atoms with Gasteiger partial charge >= 0.3 is 0 Å². The number of hydrogen-bond acceptors (Lipinski definition) is 2. The van der Waals surface area contributed by atoms with E-state index in [1.807, 2.05) is 26.2 Å². The van der Waals surface area contributed by atoms with Crippen molar-refractivity contribution in [1.29, 1.82) is 0 Å². The third kappa shape index (κ3) is 13.1. The summed E-state index contributed by atoms with van der Waals surface area (Å²) in [5, 5.41) is 0. The first-order chi connectivity index (χ1) is 10.6. The lowest BCUT2D eigenvalue weighted by Crippen LogP contribution is -2.14. The molecule has 0 saturated heterocycles. The normalized spacial score (nSPS) is 13.1. The molecule has 0 bridgehead atoms. The molecule has 1 atom stereocenters. The summed E-state index contributed by atoms with van der Waals surface area (Å²) in [7, 11) is 4.07. The van der Waals surface area contributed by atoms with E-state index in [0.29, 0.717) is 5.78 Å². The van der Waals surface area contributed by atoms with Gasteiger partial charge in [0.2, 0.25) is 0 Å². The lowest BCUT2D eigenvalue weighted by Gasteiger charge is -2.14. The van der Waals surface area contributed by atoms with Crippen molar-refractivity contribution in [3.8, 4) is 0 Å². The highest BCUT2D eigenvalue weighted by atomic mass is 16.1. The second kappa shape index (κ2) is 15.3.